The van der Waals surface area contributed by atoms with Crippen molar-refractivity contribution in [2.75, 3.05) is 13.7 Å². The van der Waals surface area contributed by atoms with Crippen molar-refractivity contribution in [3.05, 3.63) is 0 Å². The van der Waals surface area contributed by atoms with E-state index in [0.717, 1.165) is 19.4 Å². The van der Waals surface area contributed by atoms with E-state index >= 15 is 0 Å². The Hall–Kier alpha value is -0.570. The van der Waals surface area contributed by atoms with Gasteiger partial charge in [0.15, 0.2) is 0 Å². The van der Waals surface area contributed by atoms with Crippen molar-refractivity contribution in [2.24, 2.45) is 5.92 Å². The number of carbonyl (C=O) groups excluding carboxylic acids is 1. The van der Waals surface area contributed by atoms with Crippen molar-refractivity contribution in [1.82, 2.24) is 5.32 Å². The Bertz CT molecular complexity index is 199. The number of hydrogen-bond acceptors (Lipinski definition) is 3. The molecule has 68 valence electrons. The minimum atomic E-state index is -0.0252. The molecule has 2 aliphatic rings. The second-order valence-electron chi connectivity index (χ2n) is 3.92. The van der Waals surface area contributed by atoms with E-state index in [9.17, 15) is 4.79 Å². The molecular formula is C9H15NO2. The number of nitrogens with one attached hydrogen (secondary N) is 1. The standard InChI is InChI=1S/C9H15NO2/c1-12-8(11)7-2-5-10-9(6-7)3-4-9/h7,10H,2-6H2,1H3. The van der Waals surface area contributed by atoms with Crippen LogP contribution >= 0.6 is 0 Å². The lowest BCUT2D eigenvalue weighted by molar-refractivity contribution is -0.146. The normalized spacial score (nSPS) is 31.6. The summed E-state index contributed by atoms with van der Waals surface area (Å²) in [5.41, 5.74) is 0.330. The maximum atomic E-state index is 11.2. The van der Waals surface area contributed by atoms with Crippen LogP contribution in [0.4, 0.5) is 0 Å². The zero-order chi connectivity index (χ0) is 8.60. The third kappa shape index (κ3) is 1.33. The average Bonchev–Trinajstić information content (AvgIpc) is 2.84. The fourth-order valence-corrected chi connectivity index (χ4v) is 2.06. The van der Waals surface area contributed by atoms with Gasteiger partial charge in [0.2, 0.25) is 0 Å². The molecule has 1 heterocycles. The van der Waals surface area contributed by atoms with E-state index in [1.807, 2.05) is 0 Å². The van der Waals surface area contributed by atoms with Gasteiger partial charge in [0.1, 0.15) is 0 Å². The molecule has 1 saturated carbocycles. The molecule has 1 N–H and O–H groups in total. The Balaban J connectivity index is 1.94. The second kappa shape index (κ2) is 2.73. The monoisotopic (exact) mass is 169 g/mol. The van der Waals surface area contributed by atoms with Crippen LogP contribution in [0.3, 0.4) is 0 Å². The first-order valence-electron chi connectivity index (χ1n) is 4.59. The third-order valence-electron chi connectivity index (χ3n) is 3.02. The molecule has 3 nitrogen and oxygen atoms in total. The SMILES string of the molecule is COC(=O)C1CCNC2(CC2)C1. The van der Waals surface area contributed by atoms with Gasteiger partial charge in [0.05, 0.1) is 13.0 Å². The first-order chi connectivity index (χ1) is 5.76. The van der Waals surface area contributed by atoms with Crippen molar-refractivity contribution in [3.8, 4) is 0 Å². The van der Waals surface area contributed by atoms with Crippen LogP contribution in [0, 0.1) is 5.92 Å². The molecule has 0 aromatic heterocycles. The summed E-state index contributed by atoms with van der Waals surface area (Å²) in [6.45, 7) is 0.972. The smallest absolute Gasteiger partial charge is 0.308 e. The summed E-state index contributed by atoms with van der Waals surface area (Å²) >= 11 is 0. The van der Waals surface area contributed by atoms with Crippen LogP contribution in [0.2, 0.25) is 0 Å². The summed E-state index contributed by atoms with van der Waals surface area (Å²) in [6.07, 6.45) is 4.40. The topological polar surface area (TPSA) is 38.3 Å². The van der Waals surface area contributed by atoms with E-state index in [4.69, 9.17) is 4.74 Å². The minimum absolute atomic E-state index is 0.0252. The summed E-state index contributed by atoms with van der Waals surface area (Å²) in [5, 5.41) is 3.47. The summed E-state index contributed by atoms with van der Waals surface area (Å²) in [7, 11) is 1.48. The van der Waals surface area contributed by atoms with Crippen molar-refractivity contribution < 1.29 is 9.53 Å². The number of carbonyl (C=O) groups is 1. The van der Waals surface area contributed by atoms with Gasteiger partial charge in [-0.1, -0.05) is 0 Å². The Kier molecular flexibility index (Phi) is 1.83. The van der Waals surface area contributed by atoms with Gasteiger partial charge in [-0.05, 0) is 32.2 Å². The number of methoxy groups -OCH3 is 1. The van der Waals surface area contributed by atoms with Crippen molar-refractivity contribution in [1.29, 1.82) is 0 Å². The Labute approximate surface area is 72.5 Å². The molecular weight excluding hydrogens is 154 g/mol. The van der Waals surface area contributed by atoms with Crippen molar-refractivity contribution in [2.45, 2.75) is 31.2 Å². The predicted molar refractivity (Wildman–Crippen MR) is 44.7 cm³/mol. The fraction of sp³-hybridized carbons (Fsp3) is 0.889. The highest BCUT2D eigenvalue weighted by atomic mass is 16.5. The van der Waals surface area contributed by atoms with Crippen LogP contribution < -0.4 is 5.32 Å². The number of rotatable bonds is 1. The summed E-state index contributed by atoms with van der Waals surface area (Å²) in [4.78, 5) is 11.2. The molecule has 1 atom stereocenters. The Morgan fingerprint density at radius 3 is 2.92 bits per heavy atom. The van der Waals surface area contributed by atoms with E-state index < -0.39 is 0 Å². The molecule has 0 radical (unpaired) electrons. The van der Waals surface area contributed by atoms with Gasteiger partial charge < -0.3 is 10.1 Å². The maximum Gasteiger partial charge on any atom is 0.308 e. The molecule has 0 amide bonds. The van der Waals surface area contributed by atoms with Crippen LogP contribution in [-0.2, 0) is 9.53 Å². The molecule has 2 rings (SSSR count). The molecule has 3 heteroatoms. The van der Waals surface area contributed by atoms with E-state index in [0.29, 0.717) is 5.54 Å². The Morgan fingerprint density at radius 1 is 1.58 bits per heavy atom. The van der Waals surface area contributed by atoms with Crippen LogP contribution in [0.5, 0.6) is 0 Å². The van der Waals surface area contributed by atoms with Gasteiger partial charge in [0, 0.05) is 5.54 Å². The van der Waals surface area contributed by atoms with Crippen molar-refractivity contribution in [3.63, 3.8) is 0 Å². The molecule has 0 aromatic carbocycles. The van der Waals surface area contributed by atoms with Crippen LogP contribution in [0.1, 0.15) is 25.7 Å². The summed E-state index contributed by atoms with van der Waals surface area (Å²) in [5.74, 6) is 0.126. The highest BCUT2D eigenvalue weighted by molar-refractivity contribution is 5.72. The van der Waals surface area contributed by atoms with Gasteiger partial charge in [-0.15, -0.1) is 0 Å². The number of esters is 1. The number of hydrogen-bond donors (Lipinski definition) is 1. The molecule has 1 aliphatic carbocycles. The molecule has 1 unspecified atom stereocenters. The van der Waals surface area contributed by atoms with Crippen LogP contribution in [-0.4, -0.2) is 25.2 Å². The second-order valence-corrected chi connectivity index (χ2v) is 3.92. The number of piperidine rings is 1. The van der Waals surface area contributed by atoms with Crippen molar-refractivity contribution >= 4 is 5.97 Å². The predicted octanol–water partition coefficient (Wildman–Crippen LogP) is 0.692. The van der Waals surface area contributed by atoms with Gasteiger partial charge in [-0.2, -0.15) is 0 Å². The van der Waals surface area contributed by atoms with Crippen LogP contribution in [0.25, 0.3) is 0 Å². The lowest BCUT2D eigenvalue weighted by Crippen LogP contribution is -2.42. The highest BCUT2D eigenvalue weighted by Crippen LogP contribution is 2.44. The fourth-order valence-electron chi connectivity index (χ4n) is 2.06. The molecule has 1 aliphatic heterocycles. The van der Waals surface area contributed by atoms with E-state index in [-0.39, 0.29) is 11.9 Å². The van der Waals surface area contributed by atoms with Gasteiger partial charge in [-0.3, -0.25) is 4.79 Å². The molecule has 2 fully saturated rings. The average molecular weight is 169 g/mol. The van der Waals surface area contributed by atoms with E-state index in [1.54, 1.807) is 0 Å². The molecule has 12 heavy (non-hydrogen) atoms. The summed E-state index contributed by atoms with van der Waals surface area (Å²) in [6, 6.07) is 0. The van der Waals surface area contributed by atoms with Gasteiger partial charge >= 0.3 is 5.97 Å². The largest absolute Gasteiger partial charge is 0.469 e. The van der Waals surface area contributed by atoms with Crippen LogP contribution in [0.15, 0.2) is 0 Å². The quantitative estimate of drug-likeness (QED) is 0.587. The molecule has 0 bridgehead atoms. The first kappa shape index (κ1) is 8.05. The highest BCUT2D eigenvalue weighted by Gasteiger charge is 2.47. The van der Waals surface area contributed by atoms with Gasteiger partial charge in [0.25, 0.3) is 0 Å². The first-order valence-corrected chi connectivity index (χ1v) is 4.59. The zero-order valence-electron chi connectivity index (χ0n) is 7.43. The third-order valence-corrected chi connectivity index (χ3v) is 3.02. The minimum Gasteiger partial charge on any atom is -0.469 e. The zero-order valence-corrected chi connectivity index (χ0v) is 7.43. The summed E-state index contributed by atoms with van der Waals surface area (Å²) < 4.78 is 4.74. The maximum absolute atomic E-state index is 11.2. The van der Waals surface area contributed by atoms with E-state index in [2.05, 4.69) is 5.32 Å². The Morgan fingerprint density at radius 2 is 2.33 bits per heavy atom. The lowest BCUT2D eigenvalue weighted by Gasteiger charge is -2.28. The molecule has 0 aromatic rings. The molecule has 1 saturated heterocycles. The van der Waals surface area contributed by atoms with E-state index in [1.165, 1.54) is 20.0 Å². The molecule has 1 spiro atoms. The lowest BCUT2D eigenvalue weighted by atomic mass is 9.91. The number of ether oxygens (including phenoxy) is 1. The van der Waals surface area contributed by atoms with Gasteiger partial charge in [-0.25, -0.2) is 0 Å².